The van der Waals surface area contributed by atoms with Gasteiger partial charge in [-0.15, -0.1) is 23.5 Å². The number of benzene rings is 2. The van der Waals surface area contributed by atoms with Crippen LogP contribution in [0, 0.1) is 11.8 Å². The van der Waals surface area contributed by atoms with E-state index < -0.39 is 12.1 Å². The van der Waals surface area contributed by atoms with Gasteiger partial charge in [-0.2, -0.15) is 0 Å². The molecule has 4 N–H and O–H groups in total. The molecule has 2 aromatic carbocycles. The average Bonchev–Trinajstić information content (AvgIpc) is 4.15. The zero-order valence-corrected chi connectivity index (χ0v) is 37.6. The van der Waals surface area contributed by atoms with Crippen LogP contribution in [0.4, 0.5) is 11.9 Å². The number of hydrogen-bond acceptors (Lipinski definition) is 12. The van der Waals surface area contributed by atoms with E-state index in [1.165, 1.54) is 0 Å². The number of imidazole rings is 2. The molecule has 6 aromatic rings. The Balaban J connectivity index is 0.901. The number of aromatic nitrogens is 8. The first-order valence-corrected chi connectivity index (χ1v) is 23.7. The van der Waals surface area contributed by atoms with Gasteiger partial charge in [0.1, 0.15) is 23.7 Å². The lowest BCUT2D eigenvalue weighted by molar-refractivity contribution is -0.134. The molecule has 2 aliphatic rings. The fourth-order valence-corrected chi connectivity index (χ4v) is 8.91. The highest BCUT2D eigenvalue weighted by Gasteiger charge is 2.38. The number of nitrogens with one attached hydrogen (secondary N) is 4. The van der Waals surface area contributed by atoms with Crippen LogP contribution in [0.25, 0.3) is 33.6 Å². The summed E-state index contributed by atoms with van der Waals surface area (Å²) in [6.45, 7) is 9.50. The molecule has 8 rings (SSSR count). The Labute approximate surface area is 371 Å². The van der Waals surface area contributed by atoms with Gasteiger partial charge in [0.15, 0.2) is 0 Å². The van der Waals surface area contributed by atoms with E-state index in [0.29, 0.717) is 25.0 Å². The van der Waals surface area contributed by atoms with Gasteiger partial charge in [-0.25, -0.2) is 29.9 Å². The Morgan fingerprint density at radius 3 is 1.26 bits per heavy atom. The molecule has 16 heteroatoms. The maximum atomic E-state index is 14.0. The van der Waals surface area contributed by atoms with Crippen molar-refractivity contribution in [3.8, 4) is 33.6 Å². The summed E-state index contributed by atoms with van der Waals surface area (Å²) >= 11 is 3.16. The maximum absolute atomic E-state index is 14.0. The number of aromatic amines is 2. The van der Waals surface area contributed by atoms with Crippen molar-refractivity contribution in [1.82, 2.24) is 49.7 Å². The summed E-state index contributed by atoms with van der Waals surface area (Å²) in [6, 6.07) is 15.7. The number of thioether (sulfide) groups is 2. The van der Waals surface area contributed by atoms with Crippen molar-refractivity contribution >= 4 is 47.2 Å². The molecule has 0 spiro atoms. The quantitative estimate of drug-likeness (QED) is 0.0724. The Bertz CT molecular complexity index is 2260. The molecule has 2 fully saturated rings. The summed E-state index contributed by atoms with van der Waals surface area (Å²) in [4.78, 5) is 68.1. The predicted molar refractivity (Wildman–Crippen MR) is 247 cm³/mol. The van der Waals surface area contributed by atoms with Gasteiger partial charge >= 0.3 is 0 Å². The second kappa shape index (κ2) is 19.1. The minimum atomic E-state index is -0.458. The van der Waals surface area contributed by atoms with E-state index in [1.54, 1.807) is 48.3 Å². The molecular weight excluding hydrogens is 817 g/mol. The van der Waals surface area contributed by atoms with Crippen LogP contribution >= 0.6 is 23.5 Å². The summed E-state index contributed by atoms with van der Waals surface area (Å²) in [7, 11) is 0. The Morgan fingerprint density at radius 1 is 0.565 bits per heavy atom. The number of likely N-dealkylation sites (tertiary alicyclic amines) is 2. The summed E-state index contributed by atoms with van der Waals surface area (Å²) in [6.07, 6.45) is 18.3. The molecule has 0 saturated carbocycles. The highest BCUT2D eigenvalue weighted by Crippen LogP contribution is 2.35. The molecule has 4 aromatic heterocycles. The van der Waals surface area contributed by atoms with E-state index in [0.717, 1.165) is 80.8 Å². The van der Waals surface area contributed by atoms with E-state index >= 15 is 0 Å². The van der Waals surface area contributed by atoms with Crippen molar-refractivity contribution in [1.29, 1.82) is 0 Å². The van der Waals surface area contributed by atoms with Crippen LogP contribution in [-0.4, -0.2) is 99.2 Å². The van der Waals surface area contributed by atoms with Crippen LogP contribution in [0.2, 0.25) is 0 Å². The lowest BCUT2D eigenvalue weighted by Gasteiger charge is -2.30. The smallest absolute Gasteiger partial charge is 0.246 e. The van der Waals surface area contributed by atoms with Gasteiger partial charge in [0.2, 0.25) is 23.7 Å². The van der Waals surface area contributed by atoms with Crippen molar-refractivity contribution in [2.45, 2.75) is 87.3 Å². The molecule has 2 amide bonds. The second-order valence-corrected chi connectivity index (χ2v) is 18.3. The van der Waals surface area contributed by atoms with Crippen LogP contribution in [-0.2, 0) is 9.59 Å². The lowest BCUT2D eigenvalue weighted by Crippen LogP contribution is -2.45. The molecule has 0 bridgehead atoms. The third kappa shape index (κ3) is 9.36. The first-order chi connectivity index (χ1) is 30.1. The number of amides is 2. The third-order valence-electron chi connectivity index (χ3n) is 11.8. The lowest BCUT2D eigenvalue weighted by atomic mass is 10.0. The normalized spacial score (nSPS) is 17.5. The zero-order chi connectivity index (χ0) is 43.3. The number of nitrogens with zero attached hydrogens (tertiary/aromatic N) is 8. The monoisotopic (exact) mass is 870 g/mol. The SMILES string of the molecule is CSc1cnc(N[C@H](C(=O)N2CCCC2c2ncc(-c3ccc(-c4ccc(-c5cnc([C@@H]6CCCN6C(=O)[C@@H](Nc6ncc(SC)cn6)C(C)C)[nH]5)cc4)cc3)[nH]2)C(C)C)nc1. The van der Waals surface area contributed by atoms with Gasteiger partial charge in [0, 0.05) is 47.7 Å². The van der Waals surface area contributed by atoms with Crippen molar-refractivity contribution in [3.63, 3.8) is 0 Å². The molecule has 1 unspecified atom stereocenters. The molecule has 62 heavy (non-hydrogen) atoms. The van der Waals surface area contributed by atoms with Crippen LogP contribution in [0.1, 0.15) is 77.1 Å². The topological polar surface area (TPSA) is 174 Å². The van der Waals surface area contributed by atoms with Gasteiger partial charge in [0.25, 0.3) is 0 Å². The molecule has 2 aliphatic heterocycles. The van der Waals surface area contributed by atoms with Gasteiger partial charge in [-0.1, -0.05) is 76.2 Å². The molecule has 4 atom stereocenters. The number of carbonyl (C=O) groups is 2. The maximum Gasteiger partial charge on any atom is 0.246 e. The minimum Gasteiger partial charge on any atom is -0.342 e. The second-order valence-electron chi connectivity index (χ2n) is 16.5. The number of hydrogen-bond donors (Lipinski definition) is 4. The van der Waals surface area contributed by atoms with Crippen molar-refractivity contribution in [2.24, 2.45) is 11.8 Å². The molecular formula is C46H54N12O2S2. The fraction of sp³-hybridized carbons (Fsp3) is 0.391. The Kier molecular flexibility index (Phi) is 13.2. The van der Waals surface area contributed by atoms with E-state index in [1.807, 2.05) is 62.4 Å². The van der Waals surface area contributed by atoms with Crippen molar-refractivity contribution < 1.29 is 9.59 Å². The van der Waals surface area contributed by atoms with Gasteiger partial charge < -0.3 is 30.4 Å². The van der Waals surface area contributed by atoms with Gasteiger partial charge in [0.05, 0.1) is 35.9 Å². The first kappa shape index (κ1) is 42.9. The minimum absolute atomic E-state index is 0.0297. The largest absolute Gasteiger partial charge is 0.342 e. The van der Waals surface area contributed by atoms with Crippen molar-refractivity contribution in [2.75, 3.05) is 36.2 Å². The van der Waals surface area contributed by atoms with E-state index in [9.17, 15) is 9.59 Å². The predicted octanol–water partition coefficient (Wildman–Crippen LogP) is 8.76. The summed E-state index contributed by atoms with van der Waals surface area (Å²) < 4.78 is 0. The van der Waals surface area contributed by atoms with Crippen LogP contribution in [0.3, 0.4) is 0 Å². The standard InChI is InChI=1S/C46H54N12O2S2/c1-27(2)39(55-45-49-21-33(61-5)22-50-45)43(59)57-19-7-9-37(57)41-47-25-35(53-41)31-15-11-29(12-16-31)30-13-17-32(18-14-30)36-26-48-42(54-36)38-10-8-20-58(38)44(60)40(28(3)4)56-46-51-23-34(62-6)24-52-46/h11-18,21-28,37-40H,7-10,19-20H2,1-6H3,(H,47,53)(H,48,54)(H,49,50,55)(H,51,52,56)/t37-,38?,39-,40-/m0/s1. The molecule has 6 heterocycles. The highest BCUT2D eigenvalue weighted by molar-refractivity contribution is 7.98. The number of rotatable bonds is 15. The number of carbonyl (C=O) groups excluding carboxylic acids is 2. The van der Waals surface area contributed by atoms with E-state index in [4.69, 9.17) is 9.97 Å². The van der Waals surface area contributed by atoms with Crippen LogP contribution in [0.5, 0.6) is 0 Å². The molecule has 2 saturated heterocycles. The Hall–Kier alpha value is -5.74. The Morgan fingerprint density at radius 2 is 0.919 bits per heavy atom. The van der Waals surface area contributed by atoms with Crippen LogP contribution < -0.4 is 10.6 Å². The van der Waals surface area contributed by atoms with E-state index in [2.05, 4.69) is 89.1 Å². The van der Waals surface area contributed by atoms with Crippen molar-refractivity contribution in [3.05, 3.63) is 97.4 Å². The van der Waals surface area contributed by atoms with Gasteiger partial charge in [-0.3, -0.25) is 9.59 Å². The average molecular weight is 871 g/mol. The molecule has 322 valence electrons. The fourth-order valence-electron chi connectivity index (χ4n) is 8.27. The van der Waals surface area contributed by atoms with E-state index in [-0.39, 0.29) is 35.7 Å². The first-order valence-electron chi connectivity index (χ1n) is 21.3. The summed E-state index contributed by atoms with van der Waals surface area (Å²) in [5.74, 6) is 2.63. The molecule has 0 radical (unpaired) electrons. The number of H-pyrrole nitrogens is 2. The number of anilines is 2. The highest BCUT2D eigenvalue weighted by atomic mass is 32.2. The third-order valence-corrected chi connectivity index (χ3v) is 13.1. The summed E-state index contributed by atoms with van der Waals surface area (Å²) in [5, 5.41) is 6.59. The summed E-state index contributed by atoms with van der Waals surface area (Å²) in [5.41, 5.74) is 6.04. The van der Waals surface area contributed by atoms with Gasteiger partial charge in [-0.05, 0) is 72.3 Å². The zero-order valence-electron chi connectivity index (χ0n) is 36.0. The molecule has 0 aliphatic carbocycles. The van der Waals surface area contributed by atoms with Crippen LogP contribution in [0.15, 0.2) is 95.5 Å². The molecule has 14 nitrogen and oxygen atoms in total.